The zero-order valence-corrected chi connectivity index (χ0v) is 16.6. The van der Waals surface area contributed by atoms with E-state index in [1.807, 2.05) is 60.7 Å². The number of rotatable bonds is 5. The number of aromatic nitrogens is 2. The first-order chi connectivity index (χ1) is 15.0. The number of hydrogen-bond donors (Lipinski definition) is 1. The number of amides is 1. The second kappa shape index (κ2) is 8.71. The Hall–Kier alpha value is -4.13. The maximum atomic E-state index is 14.0. The summed E-state index contributed by atoms with van der Waals surface area (Å²) in [7, 11) is 0. The van der Waals surface area contributed by atoms with Crippen LogP contribution in [0, 0.1) is 11.6 Å². The number of hydrazone groups is 1. The molecular weight excluding hydrogens is 398 g/mol. The fraction of sp³-hybridized carbons (Fsp3) is 0.0417. The molecule has 0 radical (unpaired) electrons. The van der Waals surface area contributed by atoms with Gasteiger partial charge in [-0.2, -0.15) is 10.2 Å². The predicted molar refractivity (Wildman–Crippen MR) is 115 cm³/mol. The Morgan fingerprint density at radius 1 is 0.903 bits per heavy atom. The Balaban J connectivity index is 1.69. The molecular formula is C24H18F2N4O. The van der Waals surface area contributed by atoms with Crippen molar-refractivity contribution in [2.45, 2.75) is 6.92 Å². The quantitative estimate of drug-likeness (QED) is 0.369. The number of hydrogen-bond acceptors (Lipinski definition) is 3. The molecule has 0 fully saturated rings. The molecule has 4 aromatic rings. The average Bonchev–Trinajstić information content (AvgIpc) is 3.24. The van der Waals surface area contributed by atoms with E-state index >= 15 is 0 Å². The molecule has 7 heteroatoms. The van der Waals surface area contributed by atoms with Crippen molar-refractivity contribution in [3.63, 3.8) is 0 Å². The Morgan fingerprint density at radius 2 is 1.52 bits per heavy atom. The van der Waals surface area contributed by atoms with Crippen molar-refractivity contribution in [3.8, 4) is 16.9 Å². The van der Waals surface area contributed by atoms with E-state index in [-0.39, 0.29) is 16.8 Å². The van der Waals surface area contributed by atoms with Gasteiger partial charge in [0.1, 0.15) is 17.3 Å². The molecule has 1 amide bonds. The smallest absolute Gasteiger partial charge is 0.267 e. The molecule has 0 aliphatic rings. The highest BCUT2D eigenvalue weighted by atomic mass is 19.1. The van der Waals surface area contributed by atoms with Gasteiger partial charge in [-0.25, -0.2) is 18.9 Å². The van der Waals surface area contributed by atoms with Gasteiger partial charge in [0.05, 0.1) is 22.5 Å². The Labute approximate surface area is 177 Å². The number of benzene rings is 3. The summed E-state index contributed by atoms with van der Waals surface area (Å²) in [4.78, 5) is 12.9. The molecule has 0 aliphatic carbocycles. The summed E-state index contributed by atoms with van der Waals surface area (Å²) in [5.74, 6) is -2.05. The van der Waals surface area contributed by atoms with Gasteiger partial charge < -0.3 is 0 Å². The van der Waals surface area contributed by atoms with Crippen LogP contribution >= 0.6 is 0 Å². The van der Waals surface area contributed by atoms with Crippen LogP contribution in [0.25, 0.3) is 16.9 Å². The number of carbonyl (C=O) groups is 1. The van der Waals surface area contributed by atoms with Crippen LogP contribution in [0.15, 0.2) is 90.2 Å². The second-order valence-corrected chi connectivity index (χ2v) is 6.77. The Morgan fingerprint density at radius 3 is 2.16 bits per heavy atom. The van der Waals surface area contributed by atoms with E-state index in [0.29, 0.717) is 5.69 Å². The van der Waals surface area contributed by atoms with Gasteiger partial charge in [0.2, 0.25) is 0 Å². The molecule has 1 N–H and O–H groups in total. The van der Waals surface area contributed by atoms with Gasteiger partial charge in [0.15, 0.2) is 0 Å². The van der Waals surface area contributed by atoms with Crippen LogP contribution in [-0.2, 0) is 0 Å². The van der Waals surface area contributed by atoms with Crippen LogP contribution < -0.4 is 5.43 Å². The fourth-order valence-electron chi connectivity index (χ4n) is 3.16. The van der Waals surface area contributed by atoms with E-state index in [4.69, 9.17) is 0 Å². The van der Waals surface area contributed by atoms with Crippen LogP contribution in [0.4, 0.5) is 8.78 Å². The first kappa shape index (κ1) is 20.2. The van der Waals surface area contributed by atoms with Crippen LogP contribution in [0.3, 0.4) is 0 Å². The normalized spacial score (nSPS) is 11.4. The molecule has 4 rings (SSSR count). The molecule has 0 saturated carbocycles. The summed E-state index contributed by atoms with van der Waals surface area (Å²) in [5, 5.41) is 8.48. The highest BCUT2D eigenvalue weighted by molar-refractivity contribution is 6.03. The minimum atomic E-state index is -0.752. The number of para-hydroxylation sites is 1. The van der Waals surface area contributed by atoms with Crippen molar-refractivity contribution in [3.05, 3.63) is 108 Å². The van der Waals surface area contributed by atoms with Gasteiger partial charge in [-0.3, -0.25) is 4.79 Å². The maximum absolute atomic E-state index is 14.0. The van der Waals surface area contributed by atoms with E-state index in [2.05, 4.69) is 15.6 Å². The lowest BCUT2D eigenvalue weighted by Crippen LogP contribution is -2.20. The van der Waals surface area contributed by atoms with E-state index < -0.39 is 17.5 Å². The number of carbonyl (C=O) groups excluding carboxylic acids is 1. The van der Waals surface area contributed by atoms with Gasteiger partial charge in [-0.05, 0) is 31.2 Å². The van der Waals surface area contributed by atoms with E-state index in [9.17, 15) is 13.6 Å². The standard InChI is InChI=1S/C24H18F2N4O/c1-16(22-20(25)13-8-14-21(22)26)27-28-24(31)19-15-30(18-11-6-3-7-12-18)29-23(19)17-9-4-2-5-10-17/h2-15H,1H3,(H,28,31)/b27-16-. The first-order valence-corrected chi connectivity index (χ1v) is 9.54. The van der Waals surface area contributed by atoms with E-state index in [1.165, 1.54) is 13.0 Å². The van der Waals surface area contributed by atoms with Crippen LogP contribution in [-0.4, -0.2) is 21.4 Å². The SMILES string of the molecule is C/C(=N/NC(=O)c1cn(-c2ccccc2)nc1-c1ccccc1)c1c(F)cccc1F. The zero-order chi connectivity index (χ0) is 21.8. The van der Waals surface area contributed by atoms with Crippen LogP contribution in [0.1, 0.15) is 22.8 Å². The van der Waals surface area contributed by atoms with Crippen LogP contribution in [0.5, 0.6) is 0 Å². The summed E-state index contributed by atoms with van der Waals surface area (Å²) in [6.45, 7) is 1.42. The molecule has 0 atom stereocenters. The molecule has 5 nitrogen and oxygen atoms in total. The van der Waals surface area contributed by atoms with E-state index in [1.54, 1.807) is 10.9 Å². The number of nitrogens with zero attached hydrogens (tertiary/aromatic N) is 3. The molecule has 0 aliphatic heterocycles. The second-order valence-electron chi connectivity index (χ2n) is 6.77. The zero-order valence-electron chi connectivity index (χ0n) is 16.6. The third kappa shape index (κ3) is 4.25. The van der Waals surface area contributed by atoms with Crippen LogP contribution in [0.2, 0.25) is 0 Å². The number of halogens is 2. The molecule has 0 spiro atoms. The summed E-state index contributed by atoms with van der Waals surface area (Å²) in [5.41, 5.74) is 4.40. The highest BCUT2D eigenvalue weighted by Crippen LogP contribution is 2.23. The Kier molecular flexibility index (Phi) is 5.66. The van der Waals surface area contributed by atoms with Crippen molar-refractivity contribution in [2.24, 2.45) is 5.10 Å². The van der Waals surface area contributed by atoms with Gasteiger partial charge in [-0.1, -0.05) is 54.6 Å². The summed E-state index contributed by atoms with van der Waals surface area (Å²) >= 11 is 0. The van der Waals surface area contributed by atoms with Gasteiger partial charge in [0.25, 0.3) is 5.91 Å². The lowest BCUT2D eigenvalue weighted by atomic mass is 10.1. The molecule has 0 unspecified atom stereocenters. The molecule has 1 heterocycles. The number of nitrogens with one attached hydrogen (secondary N) is 1. The lowest BCUT2D eigenvalue weighted by Gasteiger charge is -2.05. The van der Waals surface area contributed by atoms with E-state index in [0.717, 1.165) is 23.4 Å². The van der Waals surface area contributed by atoms with Crippen molar-refractivity contribution < 1.29 is 13.6 Å². The van der Waals surface area contributed by atoms with Crippen molar-refractivity contribution in [2.75, 3.05) is 0 Å². The molecule has 0 bridgehead atoms. The third-order valence-corrected chi connectivity index (χ3v) is 4.68. The van der Waals surface area contributed by atoms with Crippen molar-refractivity contribution in [1.82, 2.24) is 15.2 Å². The lowest BCUT2D eigenvalue weighted by molar-refractivity contribution is 0.0955. The summed E-state index contributed by atoms with van der Waals surface area (Å²) in [6, 6.07) is 22.2. The minimum Gasteiger partial charge on any atom is -0.267 e. The largest absolute Gasteiger partial charge is 0.275 e. The molecule has 154 valence electrons. The van der Waals surface area contributed by atoms with Crippen molar-refractivity contribution >= 4 is 11.6 Å². The highest BCUT2D eigenvalue weighted by Gasteiger charge is 2.19. The minimum absolute atomic E-state index is 0.0145. The third-order valence-electron chi connectivity index (χ3n) is 4.68. The van der Waals surface area contributed by atoms with Gasteiger partial charge >= 0.3 is 0 Å². The molecule has 31 heavy (non-hydrogen) atoms. The summed E-state index contributed by atoms with van der Waals surface area (Å²) in [6.07, 6.45) is 1.60. The average molecular weight is 416 g/mol. The maximum Gasteiger partial charge on any atom is 0.275 e. The molecule has 1 aromatic heterocycles. The monoisotopic (exact) mass is 416 g/mol. The van der Waals surface area contributed by atoms with Gasteiger partial charge in [0, 0.05) is 11.8 Å². The van der Waals surface area contributed by atoms with Crippen molar-refractivity contribution in [1.29, 1.82) is 0 Å². The molecule has 0 saturated heterocycles. The first-order valence-electron chi connectivity index (χ1n) is 9.54. The predicted octanol–water partition coefficient (Wildman–Crippen LogP) is 4.97. The summed E-state index contributed by atoms with van der Waals surface area (Å²) < 4.78 is 29.6. The topological polar surface area (TPSA) is 59.3 Å². The Bertz CT molecular complexity index is 1230. The molecule has 3 aromatic carbocycles. The van der Waals surface area contributed by atoms with Gasteiger partial charge in [-0.15, -0.1) is 0 Å². The fourth-order valence-corrected chi connectivity index (χ4v) is 3.16.